The number of hydrogen-bond donors (Lipinski definition) is 1. The number of thiazole rings is 1. The molecule has 1 aromatic carbocycles. The van der Waals surface area contributed by atoms with Crippen LogP contribution in [0.25, 0.3) is 21.3 Å². The first-order valence-electron chi connectivity index (χ1n) is 8.69. The van der Waals surface area contributed by atoms with Gasteiger partial charge < -0.3 is 10.3 Å². The number of nitrogens with zero attached hydrogens (tertiary/aromatic N) is 4. The summed E-state index contributed by atoms with van der Waals surface area (Å²) in [6.07, 6.45) is 0.233. The molecule has 0 saturated carbocycles. The van der Waals surface area contributed by atoms with Gasteiger partial charge in [0.15, 0.2) is 11.0 Å². The predicted molar refractivity (Wildman–Crippen MR) is 119 cm³/mol. The van der Waals surface area contributed by atoms with Gasteiger partial charge in [0.25, 0.3) is 0 Å². The summed E-state index contributed by atoms with van der Waals surface area (Å²) in [5.41, 5.74) is 7.22. The van der Waals surface area contributed by atoms with E-state index >= 15 is 0 Å². The van der Waals surface area contributed by atoms with Crippen molar-refractivity contribution in [2.75, 3.05) is 0 Å². The Kier molecular flexibility index (Phi) is 6.29. The summed E-state index contributed by atoms with van der Waals surface area (Å²) in [6, 6.07) is 11.6. The lowest BCUT2D eigenvalue weighted by Gasteiger charge is -2.07. The average molecular weight is 462 g/mol. The number of aromatic nitrogens is 4. The summed E-state index contributed by atoms with van der Waals surface area (Å²) in [5.74, 6) is 1.04. The molecule has 0 fully saturated rings. The molecule has 0 spiro atoms. The first kappa shape index (κ1) is 20.1. The second-order valence-electron chi connectivity index (χ2n) is 6.06. The van der Waals surface area contributed by atoms with E-state index in [0.717, 1.165) is 32.1 Å². The van der Waals surface area contributed by atoms with Gasteiger partial charge in [0, 0.05) is 29.7 Å². The van der Waals surface area contributed by atoms with Crippen LogP contribution < -0.4 is 5.73 Å². The molecule has 3 heterocycles. The van der Waals surface area contributed by atoms with Gasteiger partial charge in [-0.3, -0.25) is 4.79 Å². The average Bonchev–Trinajstić information content (AvgIpc) is 3.45. The lowest BCUT2D eigenvalue weighted by atomic mass is 10.2. The smallest absolute Gasteiger partial charge is 0.219 e. The van der Waals surface area contributed by atoms with Crippen molar-refractivity contribution in [2.24, 2.45) is 5.73 Å². The molecule has 0 aliphatic rings. The first-order chi connectivity index (χ1) is 14.1. The molecule has 1 amide bonds. The van der Waals surface area contributed by atoms with Gasteiger partial charge in [-0.1, -0.05) is 47.6 Å². The maximum absolute atomic E-state index is 11.3. The standard InChI is InChI=1S/C19H16ClN5OS3/c20-14-5-2-1-4-13(14)18-22-12(10-28-18)11-29-19-24-23-17(15-6-3-9-27-15)25(19)8-7-16(21)26/h1-6,9-10H,7-8,11H2,(H2,21,26). The molecule has 0 aliphatic carbocycles. The number of nitrogens with two attached hydrogens (primary N) is 1. The number of rotatable bonds is 8. The highest BCUT2D eigenvalue weighted by Gasteiger charge is 2.17. The number of halogens is 1. The summed E-state index contributed by atoms with van der Waals surface area (Å²) in [7, 11) is 0. The van der Waals surface area contributed by atoms with Gasteiger partial charge in [-0.2, -0.15) is 0 Å². The van der Waals surface area contributed by atoms with Crippen LogP contribution in [0.1, 0.15) is 12.1 Å². The Hall–Kier alpha value is -2.20. The van der Waals surface area contributed by atoms with Crippen molar-refractivity contribution < 1.29 is 4.79 Å². The third-order valence-electron chi connectivity index (χ3n) is 4.05. The molecule has 148 valence electrons. The molecule has 10 heteroatoms. The predicted octanol–water partition coefficient (Wildman–Crippen LogP) is 4.95. The number of carbonyl (C=O) groups excluding carboxylic acids is 1. The molecule has 0 aliphatic heterocycles. The van der Waals surface area contributed by atoms with Gasteiger partial charge in [-0.15, -0.1) is 32.9 Å². The summed E-state index contributed by atoms with van der Waals surface area (Å²) in [4.78, 5) is 17.0. The van der Waals surface area contributed by atoms with E-state index in [0.29, 0.717) is 17.3 Å². The highest BCUT2D eigenvalue weighted by molar-refractivity contribution is 7.98. The van der Waals surface area contributed by atoms with Crippen LogP contribution in [0.2, 0.25) is 5.02 Å². The number of thiophene rings is 1. The molecule has 4 rings (SSSR count). The number of thioether (sulfide) groups is 1. The van der Waals surface area contributed by atoms with Crippen LogP contribution >= 0.6 is 46.0 Å². The highest BCUT2D eigenvalue weighted by atomic mass is 35.5. The topological polar surface area (TPSA) is 86.7 Å². The van der Waals surface area contributed by atoms with Crippen molar-refractivity contribution in [1.82, 2.24) is 19.7 Å². The second kappa shape index (κ2) is 9.08. The van der Waals surface area contributed by atoms with Gasteiger partial charge in [0.2, 0.25) is 5.91 Å². The summed E-state index contributed by atoms with van der Waals surface area (Å²) in [5, 5.41) is 15.0. The normalized spacial score (nSPS) is 11.1. The number of amides is 1. The minimum Gasteiger partial charge on any atom is -0.370 e. The Morgan fingerprint density at radius 3 is 2.79 bits per heavy atom. The third kappa shape index (κ3) is 4.69. The van der Waals surface area contributed by atoms with Gasteiger partial charge in [-0.05, 0) is 17.5 Å². The van der Waals surface area contributed by atoms with Gasteiger partial charge in [0.1, 0.15) is 5.01 Å². The number of hydrogen-bond acceptors (Lipinski definition) is 7. The Balaban J connectivity index is 1.53. The molecule has 29 heavy (non-hydrogen) atoms. The lowest BCUT2D eigenvalue weighted by Crippen LogP contribution is -2.14. The van der Waals surface area contributed by atoms with E-state index in [1.165, 1.54) is 11.8 Å². The highest BCUT2D eigenvalue weighted by Crippen LogP contribution is 2.33. The molecule has 0 saturated heterocycles. The molecule has 3 aromatic heterocycles. The lowest BCUT2D eigenvalue weighted by molar-refractivity contribution is -0.118. The maximum atomic E-state index is 11.3. The van der Waals surface area contributed by atoms with Crippen molar-refractivity contribution in [3.8, 4) is 21.3 Å². The zero-order valence-electron chi connectivity index (χ0n) is 15.1. The minimum absolute atomic E-state index is 0.233. The van der Waals surface area contributed by atoms with Crippen LogP contribution in [0.4, 0.5) is 0 Å². The molecule has 6 nitrogen and oxygen atoms in total. The molecule has 4 aromatic rings. The van der Waals surface area contributed by atoms with Crippen molar-refractivity contribution >= 4 is 51.9 Å². The van der Waals surface area contributed by atoms with Crippen molar-refractivity contribution in [3.63, 3.8) is 0 Å². The molecule has 0 atom stereocenters. The van der Waals surface area contributed by atoms with Crippen LogP contribution in [-0.2, 0) is 17.1 Å². The zero-order valence-corrected chi connectivity index (χ0v) is 18.3. The van der Waals surface area contributed by atoms with Crippen molar-refractivity contribution in [3.05, 3.63) is 57.9 Å². The molecule has 0 unspecified atom stereocenters. The first-order valence-corrected chi connectivity index (χ1v) is 11.8. The SMILES string of the molecule is NC(=O)CCn1c(SCc2csc(-c3ccccc3Cl)n2)nnc1-c1cccs1. The summed E-state index contributed by atoms with van der Waals surface area (Å²) < 4.78 is 1.95. The fourth-order valence-corrected chi connectivity index (χ4v) is 5.50. The largest absolute Gasteiger partial charge is 0.370 e. The number of carbonyl (C=O) groups is 1. The molecule has 2 N–H and O–H groups in total. The van der Waals surface area contributed by atoms with E-state index in [1.807, 2.05) is 51.7 Å². The van der Waals surface area contributed by atoms with E-state index in [4.69, 9.17) is 22.3 Å². The van der Waals surface area contributed by atoms with Crippen molar-refractivity contribution in [2.45, 2.75) is 23.9 Å². The monoisotopic (exact) mass is 461 g/mol. The summed E-state index contributed by atoms with van der Waals surface area (Å²) >= 11 is 11.0. The van der Waals surface area contributed by atoms with Crippen LogP contribution in [0.15, 0.2) is 52.3 Å². The van der Waals surface area contributed by atoms with Crippen LogP contribution in [0.3, 0.4) is 0 Å². The quantitative estimate of drug-likeness (QED) is 0.375. The fraction of sp³-hybridized carbons (Fsp3) is 0.158. The Morgan fingerprint density at radius 2 is 2.03 bits per heavy atom. The number of benzene rings is 1. The van der Waals surface area contributed by atoms with E-state index in [1.54, 1.807) is 22.7 Å². The summed E-state index contributed by atoms with van der Waals surface area (Å²) in [6.45, 7) is 0.444. The third-order valence-corrected chi connectivity index (χ3v) is 7.17. The Bertz CT molecular complexity index is 1120. The molecule has 0 radical (unpaired) electrons. The fourth-order valence-electron chi connectivity index (χ4n) is 2.68. The zero-order chi connectivity index (χ0) is 20.2. The van der Waals surface area contributed by atoms with Crippen molar-refractivity contribution in [1.29, 1.82) is 0 Å². The van der Waals surface area contributed by atoms with Crippen LogP contribution in [0, 0.1) is 0 Å². The van der Waals surface area contributed by atoms with Gasteiger partial charge >= 0.3 is 0 Å². The van der Waals surface area contributed by atoms with Crippen LogP contribution in [-0.4, -0.2) is 25.7 Å². The molecule has 0 bridgehead atoms. The van der Waals surface area contributed by atoms with E-state index in [-0.39, 0.29) is 12.3 Å². The molecular weight excluding hydrogens is 446 g/mol. The van der Waals surface area contributed by atoms with Gasteiger partial charge in [0.05, 0.1) is 15.6 Å². The minimum atomic E-state index is -0.351. The van der Waals surface area contributed by atoms with E-state index in [2.05, 4.69) is 10.2 Å². The van der Waals surface area contributed by atoms with Gasteiger partial charge in [-0.25, -0.2) is 4.98 Å². The van der Waals surface area contributed by atoms with Crippen LogP contribution in [0.5, 0.6) is 0 Å². The second-order valence-corrected chi connectivity index (χ2v) is 9.22. The number of primary amides is 1. The van der Waals surface area contributed by atoms with E-state index < -0.39 is 0 Å². The Morgan fingerprint density at radius 1 is 1.17 bits per heavy atom. The Labute approximate surface area is 184 Å². The maximum Gasteiger partial charge on any atom is 0.219 e. The molecular formula is C19H16ClN5OS3. The van der Waals surface area contributed by atoms with E-state index in [9.17, 15) is 4.79 Å².